The summed E-state index contributed by atoms with van der Waals surface area (Å²) in [4.78, 5) is 28.9. The number of halogens is 1. The molecule has 1 amide bonds. The fourth-order valence-electron chi connectivity index (χ4n) is 6.09. The van der Waals surface area contributed by atoms with Crippen LogP contribution >= 0.6 is 34.7 Å². The average molecular weight is 529 g/mol. The molecule has 5 atom stereocenters. The van der Waals surface area contributed by atoms with Crippen molar-refractivity contribution in [3.63, 3.8) is 0 Å². The van der Waals surface area contributed by atoms with Crippen molar-refractivity contribution >= 4 is 46.3 Å². The van der Waals surface area contributed by atoms with Crippen LogP contribution < -0.4 is 19.7 Å². The second kappa shape index (κ2) is 9.22. The predicted octanol–water partition coefficient (Wildman–Crippen LogP) is 5.77. The Balaban J connectivity index is 1.24. The molecular weight excluding hydrogens is 504 g/mol. The van der Waals surface area contributed by atoms with Crippen molar-refractivity contribution in [3.05, 3.63) is 67.6 Å². The van der Waals surface area contributed by atoms with Crippen LogP contribution in [-0.4, -0.2) is 29.9 Å². The van der Waals surface area contributed by atoms with Gasteiger partial charge in [-0.1, -0.05) is 29.0 Å². The van der Waals surface area contributed by atoms with Gasteiger partial charge in [0.2, 0.25) is 0 Å². The van der Waals surface area contributed by atoms with E-state index in [2.05, 4.69) is 16.4 Å². The summed E-state index contributed by atoms with van der Waals surface area (Å²) in [5.41, 5.74) is 1.79. The predicted molar refractivity (Wildman–Crippen MR) is 139 cm³/mol. The lowest BCUT2D eigenvalue weighted by Gasteiger charge is -2.40. The Kier molecular flexibility index (Phi) is 6.06. The van der Waals surface area contributed by atoms with Crippen molar-refractivity contribution in [2.45, 2.75) is 35.5 Å². The first-order valence-corrected chi connectivity index (χ1v) is 13.8. The highest BCUT2D eigenvalue weighted by Gasteiger charge is 2.54. The first-order chi connectivity index (χ1) is 17.0. The Morgan fingerprint density at radius 1 is 1.14 bits per heavy atom. The summed E-state index contributed by atoms with van der Waals surface area (Å²) >= 11 is 9.12. The summed E-state index contributed by atoms with van der Waals surface area (Å²) in [5, 5.41) is 4.99. The van der Waals surface area contributed by atoms with Gasteiger partial charge in [-0.25, -0.2) is 0 Å². The van der Waals surface area contributed by atoms with E-state index >= 15 is 0 Å². The molecule has 2 aliphatic carbocycles. The van der Waals surface area contributed by atoms with Gasteiger partial charge in [0.05, 0.1) is 12.1 Å². The normalized spacial score (nSPS) is 26.2. The zero-order valence-electron chi connectivity index (χ0n) is 19.1. The molecule has 1 aliphatic heterocycles. The van der Waals surface area contributed by atoms with Gasteiger partial charge >= 0.3 is 4.87 Å². The molecule has 1 aromatic heterocycles. The Labute approximate surface area is 216 Å². The topological polar surface area (TPSA) is 80.4 Å². The van der Waals surface area contributed by atoms with Crippen molar-refractivity contribution in [2.24, 2.45) is 17.8 Å². The van der Waals surface area contributed by atoms with Crippen molar-refractivity contribution in [1.82, 2.24) is 4.98 Å². The minimum atomic E-state index is -0.269. The second-order valence-electron chi connectivity index (χ2n) is 9.43. The molecule has 0 radical (unpaired) electrons. The number of fused-ring (bicyclic) bond motifs is 6. The van der Waals surface area contributed by atoms with Crippen molar-refractivity contribution in [1.29, 1.82) is 0 Å². The van der Waals surface area contributed by atoms with Crippen LogP contribution in [-0.2, 0) is 4.79 Å². The Bertz CT molecular complexity index is 1320. The van der Waals surface area contributed by atoms with E-state index in [1.807, 2.05) is 23.9 Å². The van der Waals surface area contributed by atoms with E-state index in [1.165, 1.54) is 30.6 Å². The maximum absolute atomic E-state index is 12.4. The van der Waals surface area contributed by atoms with Gasteiger partial charge in [-0.15, -0.1) is 11.8 Å². The van der Waals surface area contributed by atoms with E-state index in [9.17, 15) is 9.59 Å². The van der Waals surface area contributed by atoms with Crippen LogP contribution in [0.4, 0.5) is 5.69 Å². The molecule has 3 aliphatic rings. The SMILES string of the molecule is COc1cc([C@H]2c3sc(=O)[nH]c3S[C@H]3[C@H]4CC[C@@H](C4)[C@H]23)ccc1OCC(=O)Nc1ccc(Cl)cc1. The Hall–Kier alpha value is -2.42. The molecular formula is C26H25ClN2O4S2. The maximum Gasteiger partial charge on any atom is 0.305 e. The number of H-pyrrole nitrogens is 1. The van der Waals surface area contributed by atoms with Gasteiger partial charge in [-0.05, 0) is 79.0 Å². The van der Waals surface area contributed by atoms with E-state index in [1.54, 1.807) is 31.4 Å². The third-order valence-electron chi connectivity index (χ3n) is 7.50. The molecule has 6 rings (SSSR count). The third kappa shape index (κ3) is 4.26. The minimum Gasteiger partial charge on any atom is -0.493 e. The van der Waals surface area contributed by atoms with Gasteiger partial charge in [0, 0.05) is 26.8 Å². The zero-order chi connectivity index (χ0) is 24.1. The Morgan fingerprint density at radius 3 is 2.74 bits per heavy atom. The van der Waals surface area contributed by atoms with Gasteiger partial charge in [0.15, 0.2) is 18.1 Å². The summed E-state index contributed by atoms with van der Waals surface area (Å²) < 4.78 is 11.5. The highest BCUT2D eigenvalue weighted by Crippen LogP contribution is 2.63. The van der Waals surface area contributed by atoms with Crippen LogP contribution in [0.5, 0.6) is 11.5 Å². The maximum atomic E-state index is 12.4. The van der Waals surface area contributed by atoms with Gasteiger partial charge in [-0.3, -0.25) is 9.59 Å². The summed E-state index contributed by atoms with van der Waals surface area (Å²) in [5.74, 6) is 2.97. The third-order valence-corrected chi connectivity index (χ3v) is 10.4. The highest BCUT2D eigenvalue weighted by molar-refractivity contribution is 8.00. The lowest BCUT2D eigenvalue weighted by Crippen LogP contribution is -2.33. The first kappa shape index (κ1) is 23.0. The summed E-state index contributed by atoms with van der Waals surface area (Å²) in [7, 11) is 1.61. The summed E-state index contributed by atoms with van der Waals surface area (Å²) in [6.45, 7) is -0.142. The van der Waals surface area contributed by atoms with Gasteiger partial charge in [0.25, 0.3) is 5.91 Å². The molecule has 0 saturated heterocycles. The molecule has 2 heterocycles. The number of thioether (sulfide) groups is 1. The quantitative estimate of drug-likeness (QED) is 0.424. The molecule has 2 fully saturated rings. The molecule has 6 nitrogen and oxygen atoms in total. The number of methoxy groups -OCH3 is 1. The van der Waals surface area contributed by atoms with E-state index in [0.717, 1.165) is 21.4 Å². The largest absolute Gasteiger partial charge is 0.493 e. The van der Waals surface area contributed by atoms with Crippen molar-refractivity contribution in [2.75, 3.05) is 19.0 Å². The fourth-order valence-corrected chi connectivity index (χ4v) is 9.11. The number of rotatable bonds is 6. The number of amides is 1. The molecule has 182 valence electrons. The van der Waals surface area contributed by atoms with E-state index in [0.29, 0.717) is 39.3 Å². The molecule has 3 aromatic rings. The standard InChI is InChI=1S/C26H25ClN2O4S2/c1-32-19-11-14(4-9-18(19)33-12-20(30)28-17-7-5-16(27)6-8-17)22-21-13-2-3-15(10-13)23(21)34-25-24(22)35-26(31)29-25/h4-9,11,13,15,21-23H,2-3,10,12H2,1H3,(H,28,30)(H,29,31)/t13-,15-,21+,22+,23-/m0/s1. The molecule has 2 aromatic carbocycles. The smallest absolute Gasteiger partial charge is 0.305 e. The number of carbonyl (C=O) groups is 1. The number of nitrogens with one attached hydrogen (secondary N) is 2. The van der Waals surface area contributed by atoms with Crippen LogP contribution in [0.3, 0.4) is 0 Å². The van der Waals surface area contributed by atoms with Gasteiger partial charge in [-0.2, -0.15) is 0 Å². The molecule has 2 saturated carbocycles. The number of aromatic amines is 1. The van der Waals surface area contributed by atoms with Crippen molar-refractivity contribution < 1.29 is 14.3 Å². The lowest BCUT2D eigenvalue weighted by molar-refractivity contribution is -0.118. The van der Waals surface area contributed by atoms with Crippen LogP contribution in [0, 0.1) is 17.8 Å². The number of ether oxygens (including phenoxy) is 2. The highest BCUT2D eigenvalue weighted by atomic mass is 35.5. The summed E-state index contributed by atoms with van der Waals surface area (Å²) in [6, 6.07) is 12.9. The minimum absolute atomic E-state index is 0.0124. The van der Waals surface area contributed by atoms with Crippen LogP contribution in [0.1, 0.15) is 35.6 Å². The molecule has 0 unspecified atom stereocenters. The first-order valence-electron chi connectivity index (χ1n) is 11.8. The number of benzene rings is 2. The zero-order valence-corrected chi connectivity index (χ0v) is 21.5. The van der Waals surface area contributed by atoms with Crippen molar-refractivity contribution in [3.8, 4) is 11.5 Å². The van der Waals surface area contributed by atoms with E-state index < -0.39 is 0 Å². The second-order valence-corrected chi connectivity index (χ2v) is 12.1. The Morgan fingerprint density at radius 2 is 1.94 bits per heavy atom. The number of aromatic nitrogens is 1. The monoisotopic (exact) mass is 528 g/mol. The molecule has 9 heteroatoms. The molecule has 35 heavy (non-hydrogen) atoms. The fraction of sp³-hybridized carbons (Fsp3) is 0.385. The van der Waals surface area contributed by atoms with Crippen LogP contribution in [0.2, 0.25) is 5.02 Å². The molecule has 2 bridgehead atoms. The lowest BCUT2D eigenvalue weighted by atomic mass is 9.75. The number of thiazole rings is 1. The molecule has 2 N–H and O–H groups in total. The number of anilines is 1. The van der Waals surface area contributed by atoms with Crippen LogP contribution in [0.15, 0.2) is 52.3 Å². The van der Waals surface area contributed by atoms with Gasteiger partial charge in [0.1, 0.15) is 0 Å². The number of carbonyl (C=O) groups excluding carboxylic acids is 1. The molecule has 0 spiro atoms. The number of hydrogen-bond donors (Lipinski definition) is 2. The van der Waals surface area contributed by atoms with Gasteiger partial charge < -0.3 is 19.8 Å². The number of hydrogen-bond acceptors (Lipinski definition) is 6. The van der Waals surface area contributed by atoms with E-state index in [4.69, 9.17) is 21.1 Å². The average Bonchev–Trinajstić information content (AvgIpc) is 3.57. The summed E-state index contributed by atoms with van der Waals surface area (Å²) in [6.07, 6.45) is 3.86. The van der Waals surface area contributed by atoms with E-state index in [-0.39, 0.29) is 23.3 Å². The van der Waals surface area contributed by atoms with Crippen LogP contribution in [0.25, 0.3) is 0 Å².